The lowest BCUT2D eigenvalue weighted by molar-refractivity contribution is -0.139. The third-order valence-electron chi connectivity index (χ3n) is 5.25. The van der Waals surface area contributed by atoms with Gasteiger partial charge in [-0.05, 0) is 34.4 Å². The van der Waals surface area contributed by atoms with Crippen LogP contribution in [0.3, 0.4) is 0 Å². The van der Waals surface area contributed by atoms with E-state index in [9.17, 15) is 19.5 Å². The number of anilines is 1. The Balaban J connectivity index is 1.72. The molecule has 150 valence electrons. The molecular formula is C24H20N2O4. The summed E-state index contributed by atoms with van der Waals surface area (Å²) in [6.07, 6.45) is 0. The Hall–Kier alpha value is -3.93. The van der Waals surface area contributed by atoms with Gasteiger partial charge in [-0.1, -0.05) is 60.7 Å². The van der Waals surface area contributed by atoms with Crippen molar-refractivity contribution in [1.29, 1.82) is 0 Å². The Morgan fingerprint density at radius 3 is 1.93 bits per heavy atom. The van der Waals surface area contributed by atoms with Crippen molar-refractivity contribution >= 4 is 23.5 Å². The molecule has 0 aliphatic heterocycles. The molecule has 6 heteroatoms. The highest BCUT2D eigenvalue weighted by molar-refractivity contribution is 6.04. The van der Waals surface area contributed by atoms with E-state index in [0.717, 1.165) is 22.3 Å². The normalized spacial score (nSPS) is 13.1. The van der Waals surface area contributed by atoms with Crippen LogP contribution in [0.5, 0.6) is 0 Å². The van der Waals surface area contributed by atoms with Crippen molar-refractivity contribution < 1.29 is 19.5 Å². The number of nitrogens with one attached hydrogen (secondary N) is 2. The summed E-state index contributed by atoms with van der Waals surface area (Å²) >= 11 is 0. The van der Waals surface area contributed by atoms with E-state index in [4.69, 9.17) is 0 Å². The van der Waals surface area contributed by atoms with Crippen LogP contribution in [0.1, 0.15) is 34.3 Å². The molecule has 0 bridgehead atoms. The van der Waals surface area contributed by atoms with Gasteiger partial charge in [0, 0.05) is 12.8 Å². The standard InChI is InChI=1S/C24H20N2O4/c1-14(27)25-20-13-7-6-12-19(20)23(28)26-22(24(29)30)21-17-10-4-2-8-15(17)16-9-3-5-11-18(16)21/h2-13,21-22H,1H3,(H,25,27)(H,26,28)(H,29,30)/t22-/m1/s1. The highest BCUT2D eigenvalue weighted by Gasteiger charge is 2.39. The summed E-state index contributed by atoms with van der Waals surface area (Å²) in [6.45, 7) is 1.35. The molecule has 1 atom stereocenters. The second-order valence-electron chi connectivity index (χ2n) is 7.17. The third kappa shape index (κ3) is 3.43. The van der Waals surface area contributed by atoms with E-state index in [0.29, 0.717) is 5.69 Å². The molecule has 1 aliphatic carbocycles. The quantitative estimate of drug-likeness (QED) is 0.609. The number of carboxylic acid groups (broad SMARTS) is 1. The summed E-state index contributed by atoms with van der Waals surface area (Å²) in [5.74, 6) is -2.53. The van der Waals surface area contributed by atoms with Crippen LogP contribution in [0.4, 0.5) is 5.69 Å². The number of para-hydroxylation sites is 1. The molecule has 1 aliphatic rings. The van der Waals surface area contributed by atoms with Gasteiger partial charge in [0.15, 0.2) is 0 Å². The topological polar surface area (TPSA) is 95.5 Å². The van der Waals surface area contributed by atoms with Gasteiger partial charge < -0.3 is 15.7 Å². The average molecular weight is 400 g/mol. The summed E-state index contributed by atoms with van der Waals surface area (Å²) in [4.78, 5) is 36.7. The van der Waals surface area contributed by atoms with Gasteiger partial charge in [0.2, 0.25) is 5.91 Å². The molecule has 4 rings (SSSR count). The number of carbonyl (C=O) groups excluding carboxylic acids is 2. The number of hydrogen-bond acceptors (Lipinski definition) is 3. The summed E-state index contributed by atoms with van der Waals surface area (Å²) in [6, 6.07) is 20.6. The van der Waals surface area contributed by atoms with E-state index in [1.165, 1.54) is 6.92 Å². The van der Waals surface area contributed by atoms with Crippen molar-refractivity contribution in [2.45, 2.75) is 18.9 Å². The third-order valence-corrected chi connectivity index (χ3v) is 5.25. The first-order valence-electron chi connectivity index (χ1n) is 9.56. The molecule has 3 N–H and O–H groups in total. The summed E-state index contributed by atoms with van der Waals surface area (Å²) in [7, 11) is 0. The van der Waals surface area contributed by atoms with Crippen LogP contribution in [0.15, 0.2) is 72.8 Å². The molecule has 0 unspecified atom stereocenters. The Labute approximate surface area is 173 Å². The minimum atomic E-state index is -1.17. The zero-order valence-electron chi connectivity index (χ0n) is 16.3. The van der Waals surface area contributed by atoms with E-state index in [1.807, 2.05) is 48.5 Å². The Bertz CT molecular complexity index is 1110. The molecule has 0 spiro atoms. The van der Waals surface area contributed by atoms with Crippen molar-refractivity contribution in [2.24, 2.45) is 0 Å². The van der Waals surface area contributed by atoms with Gasteiger partial charge in [-0.2, -0.15) is 0 Å². The number of carboxylic acids is 1. The van der Waals surface area contributed by atoms with E-state index >= 15 is 0 Å². The molecule has 30 heavy (non-hydrogen) atoms. The average Bonchev–Trinajstić information content (AvgIpc) is 3.06. The highest BCUT2D eigenvalue weighted by atomic mass is 16.4. The van der Waals surface area contributed by atoms with Crippen LogP contribution in [-0.4, -0.2) is 28.9 Å². The number of aliphatic carboxylic acids is 1. The molecule has 3 aromatic carbocycles. The predicted molar refractivity (Wildman–Crippen MR) is 113 cm³/mol. The minimum Gasteiger partial charge on any atom is -0.480 e. The maximum absolute atomic E-state index is 13.0. The minimum absolute atomic E-state index is 0.207. The maximum atomic E-state index is 13.0. The number of amides is 2. The van der Waals surface area contributed by atoms with Crippen LogP contribution >= 0.6 is 0 Å². The molecule has 0 saturated carbocycles. The number of fused-ring (bicyclic) bond motifs is 3. The molecule has 6 nitrogen and oxygen atoms in total. The molecule has 0 radical (unpaired) electrons. The molecule has 3 aromatic rings. The van der Waals surface area contributed by atoms with Crippen molar-refractivity contribution in [1.82, 2.24) is 5.32 Å². The lowest BCUT2D eigenvalue weighted by Crippen LogP contribution is -2.45. The molecule has 0 saturated heterocycles. The SMILES string of the molecule is CC(=O)Nc1ccccc1C(=O)N[C@@H](C(=O)O)C1c2ccccc2-c2ccccc21. The zero-order valence-corrected chi connectivity index (χ0v) is 16.3. The van der Waals surface area contributed by atoms with Gasteiger partial charge in [-0.15, -0.1) is 0 Å². The second-order valence-corrected chi connectivity index (χ2v) is 7.17. The number of benzene rings is 3. The molecule has 2 amide bonds. The van der Waals surface area contributed by atoms with Gasteiger partial charge in [0.05, 0.1) is 11.3 Å². The summed E-state index contributed by atoms with van der Waals surface area (Å²) < 4.78 is 0. The summed E-state index contributed by atoms with van der Waals surface area (Å²) in [5.41, 5.74) is 4.20. The van der Waals surface area contributed by atoms with E-state index in [1.54, 1.807) is 24.3 Å². The Morgan fingerprint density at radius 2 is 1.37 bits per heavy atom. The first kappa shape index (κ1) is 19.4. The van der Waals surface area contributed by atoms with Crippen LogP contribution < -0.4 is 10.6 Å². The van der Waals surface area contributed by atoms with Crippen LogP contribution in [0.25, 0.3) is 11.1 Å². The molecular weight excluding hydrogens is 380 g/mol. The second kappa shape index (κ2) is 7.83. The van der Waals surface area contributed by atoms with Gasteiger partial charge in [-0.25, -0.2) is 4.79 Å². The lowest BCUT2D eigenvalue weighted by Gasteiger charge is -2.23. The van der Waals surface area contributed by atoms with Gasteiger partial charge in [-0.3, -0.25) is 9.59 Å². The number of carbonyl (C=O) groups is 3. The highest BCUT2D eigenvalue weighted by Crippen LogP contribution is 2.46. The fraction of sp³-hybridized carbons (Fsp3) is 0.125. The Morgan fingerprint density at radius 1 is 0.833 bits per heavy atom. The fourth-order valence-corrected chi connectivity index (χ4v) is 4.04. The molecule has 0 fully saturated rings. The smallest absolute Gasteiger partial charge is 0.327 e. The first-order chi connectivity index (χ1) is 14.5. The monoisotopic (exact) mass is 400 g/mol. The van der Waals surface area contributed by atoms with Crippen LogP contribution in [0, 0.1) is 0 Å². The van der Waals surface area contributed by atoms with Crippen LogP contribution in [0.2, 0.25) is 0 Å². The largest absolute Gasteiger partial charge is 0.480 e. The number of hydrogen-bond donors (Lipinski definition) is 3. The molecule has 0 heterocycles. The predicted octanol–water partition coefficient (Wildman–Crippen LogP) is 3.64. The fourth-order valence-electron chi connectivity index (χ4n) is 4.04. The van der Waals surface area contributed by atoms with Crippen LogP contribution in [-0.2, 0) is 9.59 Å². The summed E-state index contributed by atoms with van der Waals surface area (Å²) in [5, 5.41) is 15.3. The van der Waals surface area contributed by atoms with Crippen molar-refractivity contribution in [3.05, 3.63) is 89.5 Å². The molecule has 0 aromatic heterocycles. The van der Waals surface area contributed by atoms with Gasteiger partial charge in [0.25, 0.3) is 5.91 Å². The van der Waals surface area contributed by atoms with Crippen molar-refractivity contribution in [3.63, 3.8) is 0 Å². The van der Waals surface area contributed by atoms with Crippen molar-refractivity contribution in [3.8, 4) is 11.1 Å². The first-order valence-corrected chi connectivity index (χ1v) is 9.56. The van der Waals surface area contributed by atoms with E-state index in [-0.39, 0.29) is 11.5 Å². The van der Waals surface area contributed by atoms with Gasteiger partial charge >= 0.3 is 5.97 Å². The zero-order chi connectivity index (χ0) is 21.3. The van der Waals surface area contributed by atoms with E-state index in [2.05, 4.69) is 10.6 Å². The maximum Gasteiger partial charge on any atom is 0.327 e. The lowest BCUT2D eigenvalue weighted by atomic mass is 9.89. The van der Waals surface area contributed by atoms with E-state index < -0.39 is 23.8 Å². The number of rotatable bonds is 5. The Kier molecular flexibility index (Phi) is 5.06. The van der Waals surface area contributed by atoms with Gasteiger partial charge in [0.1, 0.15) is 6.04 Å². The van der Waals surface area contributed by atoms with Crippen molar-refractivity contribution in [2.75, 3.05) is 5.32 Å².